The normalized spacial score (nSPS) is 11.1. The smallest absolute Gasteiger partial charge is 0.265 e. The Labute approximate surface area is 203 Å². The van der Waals surface area contributed by atoms with Gasteiger partial charge in [0, 0.05) is 5.56 Å². The number of carbonyl (C=O) groups is 1. The van der Waals surface area contributed by atoms with Gasteiger partial charge in [-0.1, -0.05) is 0 Å². The molecule has 0 spiro atoms. The van der Waals surface area contributed by atoms with E-state index in [9.17, 15) is 9.18 Å². The van der Waals surface area contributed by atoms with E-state index in [0.29, 0.717) is 29.6 Å². The number of hydrogen-bond acceptors (Lipinski definition) is 5. The molecular formula is C23H23BrFN5O2S. The van der Waals surface area contributed by atoms with Gasteiger partial charge in [-0.25, -0.2) is 13.8 Å². The Hall–Kier alpha value is -2.98. The van der Waals surface area contributed by atoms with E-state index in [0.717, 1.165) is 32.8 Å². The number of ether oxygens (including phenoxy) is 1. The molecule has 10 heteroatoms. The first-order valence-electron chi connectivity index (χ1n) is 10.2. The van der Waals surface area contributed by atoms with E-state index in [1.807, 2.05) is 42.4 Å². The highest BCUT2D eigenvalue weighted by Crippen LogP contribution is 2.25. The number of hydrogen-bond donors (Lipinski definition) is 1. The minimum Gasteiger partial charge on any atom is -0.489 e. The quantitative estimate of drug-likeness (QED) is 0.336. The molecule has 0 fully saturated rings. The predicted molar refractivity (Wildman–Crippen MR) is 130 cm³/mol. The van der Waals surface area contributed by atoms with Gasteiger partial charge in [0.25, 0.3) is 5.91 Å². The zero-order chi connectivity index (χ0) is 23.7. The Kier molecular flexibility index (Phi) is 6.66. The van der Waals surface area contributed by atoms with Gasteiger partial charge in [-0.05, 0) is 79.3 Å². The summed E-state index contributed by atoms with van der Waals surface area (Å²) in [6.07, 6.45) is 0. The van der Waals surface area contributed by atoms with Gasteiger partial charge in [0.05, 0.1) is 37.8 Å². The fourth-order valence-electron chi connectivity index (χ4n) is 3.40. The highest BCUT2D eigenvalue weighted by atomic mass is 79.9. The Morgan fingerprint density at radius 2 is 1.76 bits per heavy atom. The molecule has 0 aliphatic carbocycles. The number of amides is 1. The highest BCUT2D eigenvalue weighted by Gasteiger charge is 2.18. The third-order valence-corrected chi connectivity index (χ3v) is 7.40. The van der Waals surface area contributed by atoms with Crippen LogP contribution in [0, 0.1) is 33.5 Å². The second-order valence-corrected chi connectivity index (χ2v) is 9.39. The van der Waals surface area contributed by atoms with Crippen molar-refractivity contribution in [2.24, 2.45) is 0 Å². The zero-order valence-electron chi connectivity index (χ0n) is 18.6. The van der Waals surface area contributed by atoms with Crippen LogP contribution in [0.5, 0.6) is 5.75 Å². The van der Waals surface area contributed by atoms with Gasteiger partial charge >= 0.3 is 0 Å². The SMILES string of the molecule is Cc1nn(Cn2nc(C)c(NC(=O)c3cc(COc4ccc(F)cc4)cs3)c2C)c(C)c1Br. The van der Waals surface area contributed by atoms with Crippen LogP contribution in [-0.4, -0.2) is 25.5 Å². The maximum atomic E-state index is 13.0. The lowest BCUT2D eigenvalue weighted by Gasteiger charge is -2.08. The molecular weight excluding hydrogens is 509 g/mol. The Morgan fingerprint density at radius 3 is 2.42 bits per heavy atom. The Morgan fingerprint density at radius 1 is 1.09 bits per heavy atom. The lowest BCUT2D eigenvalue weighted by atomic mass is 10.3. The molecule has 0 saturated carbocycles. The topological polar surface area (TPSA) is 74.0 Å². The van der Waals surface area contributed by atoms with Gasteiger partial charge in [-0.3, -0.25) is 4.79 Å². The monoisotopic (exact) mass is 531 g/mol. The standard InChI is InChI=1S/C23H23BrFN5O2S/c1-13-21(24)15(3)29(27-13)12-30-16(4)22(14(2)28-30)26-23(31)20-9-17(11-33-20)10-32-19-7-5-18(25)6-8-19/h5-9,11H,10,12H2,1-4H3,(H,26,31). The van der Waals surface area contributed by atoms with Crippen LogP contribution in [0.2, 0.25) is 0 Å². The fraction of sp³-hybridized carbons (Fsp3) is 0.261. The summed E-state index contributed by atoms with van der Waals surface area (Å²) in [7, 11) is 0. The van der Waals surface area contributed by atoms with Crippen molar-refractivity contribution in [2.75, 3.05) is 5.32 Å². The first-order valence-corrected chi connectivity index (χ1v) is 11.9. The van der Waals surface area contributed by atoms with Crippen LogP contribution < -0.4 is 10.1 Å². The summed E-state index contributed by atoms with van der Waals surface area (Å²) >= 11 is 4.89. The molecule has 3 aromatic heterocycles. The van der Waals surface area contributed by atoms with Crippen molar-refractivity contribution in [2.45, 2.75) is 41.0 Å². The number of halogens is 2. The van der Waals surface area contributed by atoms with Gasteiger partial charge in [0.2, 0.25) is 0 Å². The van der Waals surface area contributed by atoms with Gasteiger partial charge in [-0.2, -0.15) is 10.2 Å². The number of anilines is 1. The van der Waals surface area contributed by atoms with Crippen molar-refractivity contribution in [3.63, 3.8) is 0 Å². The predicted octanol–water partition coefficient (Wildman–Crippen LogP) is 5.61. The van der Waals surface area contributed by atoms with E-state index < -0.39 is 0 Å². The number of aromatic nitrogens is 4. The minimum atomic E-state index is -0.312. The molecule has 3 heterocycles. The zero-order valence-corrected chi connectivity index (χ0v) is 21.1. The van der Waals surface area contributed by atoms with E-state index in [2.05, 4.69) is 31.4 Å². The highest BCUT2D eigenvalue weighted by molar-refractivity contribution is 9.10. The molecule has 33 heavy (non-hydrogen) atoms. The number of benzene rings is 1. The van der Waals surface area contributed by atoms with Crippen molar-refractivity contribution in [1.29, 1.82) is 0 Å². The van der Waals surface area contributed by atoms with Crippen LogP contribution in [0.4, 0.5) is 10.1 Å². The molecule has 4 rings (SSSR count). The van der Waals surface area contributed by atoms with Gasteiger partial charge in [0.1, 0.15) is 24.8 Å². The summed E-state index contributed by atoms with van der Waals surface area (Å²) in [6.45, 7) is 8.47. The average molecular weight is 532 g/mol. The molecule has 0 aliphatic heterocycles. The maximum Gasteiger partial charge on any atom is 0.265 e. The maximum absolute atomic E-state index is 13.0. The lowest BCUT2D eigenvalue weighted by molar-refractivity contribution is 0.103. The van der Waals surface area contributed by atoms with E-state index in [4.69, 9.17) is 4.74 Å². The van der Waals surface area contributed by atoms with Crippen LogP contribution in [0.3, 0.4) is 0 Å². The van der Waals surface area contributed by atoms with Crippen LogP contribution in [0.15, 0.2) is 40.2 Å². The van der Waals surface area contributed by atoms with E-state index in [-0.39, 0.29) is 11.7 Å². The van der Waals surface area contributed by atoms with Crippen LogP contribution >= 0.6 is 27.3 Å². The summed E-state index contributed by atoms with van der Waals surface area (Å²) < 4.78 is 23.4. The van der Waals surface area contributed by atoms with Crippen molar-refractivity contribution >= 4 is 38.9 Å². The number of aryl methyl sites for hydroxylation is 2. The van der Waals surface area contributed by atoms with Crippen LogP contribution in [0.25, 0.3) is 0 Å². The summed E-state index contributed by atoms with van der Waals surface area (Å²) in [5, 5.41) is 14.0. The van der Waals surface area contributed by atoms with E-state index >= 15 is 0 Å². The third kappa shape index (κ3) is 5.01. The summed E-state index contributed by atoms with van der Waals surface area (Å²) in [5.41, 5.74) is 5.07. The molecule has 172 valence electrons. The molecule has 1 aromatic carbocycles. The van der Waals surface area contributed by atoms with Gasteiger partial charge < -0.3 is 10.1 Å². The summed E-state index contributed by atoms with van der Waals surface area (Å²) in [6, 6.07) is 7.64. The van der Waals surface area contributed by atoms with Gasteiger partial charge in [-0.15, -0.1) is 11.3 Å². The molecule has 1 N–H and O–H groups in total. The largest absolute Gasteiger partial charge is 0.489 e. The fourth-order valence-corrected chi connectivity index (χ4v) is 4.47. The van der Waals surface area contributed by atoms with E-state index in [1.165, 1.54) is 23.5 Å². The number of rotatable bonds is 7. The Balaban J connectivity index is 1.43. The van der Waals surface area contributed by atoms with Crippen molar-refractivity contribution in [1.82, 2.24) is 19.6 Å². The van der Waals surface area contributed by atoms with E-state index in [1.54, 1.807) is 18.2 Å². The van der Waals surface area contributed by atoms with Crippen LogP contribution in [0.1, 0.15) is 38.0 Å². The molecule has 4 aromatic rings. The molecule has 0 aliphatic rings. The van der Waals surface area contributed by atoms with Gasteiger partial charge in [0.15, 0.2) is 0 Å². The molecule has 0 bridgehead atoms. The average Bonchev–Trinajstić information content (AvgIpc) is 3.44. The number of nitrogens with zero attached hydrogens (tertiary/aromatic N) is 4. The number of thiophene rings is 1. The van der Waals surface area contributed by atoms with Crippen molar-refractivity contribution < 1.29 is 13.9 Å². The summed E-state index contributed by atoms with van der Waals surface area (Å²) in [5.74, 6) is 0.0584. The molecule has 7 nitrogen and oxygen atoms in total. The number of carbonyl (C=O) groups excluding carboxylic acids is 1. The lowest BCUT2D eigenvalue weighted by Crippen LogP contribution is -2.15. The molecule has 0 atom stereocenters. The van der Waals surface area contributed by atoms with Crippen LogP contribution in [-0.2, 0) is 13.3 Å². The first kappa shape index (κ1) is 23.2. The number of nitrogens with one attached hydrogen (secondary N) is 1. The van der Waals surface area contributed by atoms with Crippen molar-refractivity contribution in [3.05, 3.63) is 79.2 Å². The second-order valence-electron chi connectivity index (χ2n) is 7.69. The minimum absolute atomic E-state index is 0.201. The molecule has 1 amide bonds. The first-order chi connectivity index (χ1) is 15.7. The molecule has 0 radical (unpaired) electrons. The summed E-state index contributed by atoms with van der Waals surface area (Å²) in [4.78, 5) is 13.4. The molecule has 0 saturated heterocycles. The van der Waals surface area contributed by atoms with Crippen molar-refractivity contribution in [3.8, 4) is 5.75 Å². The molecule has 0 unspecified atom stereocenters. The third-order valence-electron chi connectivity index (χ3n) is 5.28. The second kappa shape index (κ2) is 9.48. The Bertz CT molecular complexity index is 1310.